The van der Waals surface area contributed by atoms with Crippen molar-refractivity contribution in [3.8, 4) is 5.75 Å². The number of halogens is 2. The lowest BCUT2D eigenvalue weighted by Gasteiger charge is -2.15. The summed E-state index contributed by atoms with van der Waals surface area (Å²) in [4.78, 5) is 24.2. The number of rotatable bonds is 6. The molecule has 1 amide bonds. The molecule has 2 aromatic rings. The van der Waals surface area contributed by atoms with Crippen molar-refractivity contribution in [1.29, 1.82) is 0 Å². The molecule has 0 unspecified atom stereocenters. The number of esters is 1. The van der Waals surface area contributed by atoms with Crippen LogP contribution in [-0.4, -0.2) is 25.1 Å². The summed E-state index contributed by atoms with van der Waals surface area (Å²) in [5, 5.41) is 3.50. The van der Waals surface area contributed by atoms with Crippen LogP contribution in [0.15, 0.2) is 42.5 Å². The Kier molecular flexibility index (Phi) is 6.67. The minimum absolute atomic E-state index is 0.0621. The fourth-order valence-corrected chi connectivity index (χ4v) is 2.51. The van der Waals surface area contributed by atoms with Crippen LogP contribution in [-0.2, 0) is 20.7 Å². The minimum atomic E-state index is -0.978. The highest BCUT2D eigenvalue weighted by molar-refractivity contribution is 6.33. The number of amides is 1. The molecule has 2 aromatic carbocycles. The molecule has 0 saturated heterocycles. The summed E-state index contributed by atoms with van der Waals surface area (Å²) in [7, 11) is 1.50. The number of hydrogen-bond acceptors (Lipinski definition) is 4. The summed E-state index contributed by atoms with van der Waals surface area (Å²) in [5.41, 5.74) is 1.03. The predicted octanol–water partition coefficient (Wildman–Crippen LogP) is 4.11. The summed E-state index contributed by atoms with van der Waals surface area (Å²) in [6.45, 7) is 1.49. The van der Waals surface area contributed by atoms with E-state index in [0.29, 0.717) is 27.0 Å². The second-order valence-corrected chi connectivity index (χ2v) is 6.08. The number of carbonyl (C=O) groups excluding carboxylic acids is 2. The number of anilines is 1. The Morgan fingerprint density at radius 2 is 1.88 bits per heavy atom. The molecule has 2 rings (SSSR count). The zero-order valence-corrected chi connectivity index (χ0v) is 15.2. The van der Waals surface area contributed by atoms with Crippen LogP contribution in [0.2, 0.25) is 10.0 Å². The van der Waals surface area contributed by atoms with Crippen molar-refractivity contribution in [2.45, 2.75) is 19.4 Å². The molecular formula is C18H17Cl2NO4. The third kappa shape index (κ3) is 5.37. The van der Waals surface area contributed by atoms with Gasteiger partial charge >= 0.3 is 5.97 Å². The summed E-state index contributed by atoms with van der Waals surface area (Å²) in [5.74, 6) is -0.517. The van der Waals surface area contributed by atoms with E-state index in [1.54, 1.807) is 42.5 Å². The molecule has 25 heavy (non-hydrogen) atoms. The van der Waals surface area contributed by atoms with Crippen molar-refractivity contribution in [2.24, 2.45) is 0 Å². The summed E-state index contributed by atoms with van der Waals surface area (Å²) < 4.78 is 10.4. The van der Waals surface area contributed by atoms with Crippen LogP contribution in [0.25, 0.3) is 0 Å². The van der Waals surface area contributed by atoms with Gasteiger partial charge in [-0.25, -0.2) is 0 Å². The number of methoxy groups -OCH3 is 1. The smallest absolute Gasteiger partial charge is 0.311 e. The Hall–Kier alpha value is -2.24. The second kappa shape index (κ2) is 8.74. The third-order valence-corrected chi connectivity index (χ3v) is 3.95. The molecule has 5 nitrogen and oxygen atoms in total. The molecule has 0 heterocycles. The summed E-state index contributed by atoms with van der Waals surface area (Å²) in [6.07, 6.45) is -1.04. The van der Waals surface area contributed by atoms with Crippen molar-refractivity contribution < 1.29 is 19.1 Å². The number of nitrogens with one attached hydrogen (secondary N) is 1. The van der Waals surface area contributed by atoms with E-state index in [9.17, 15) is 9.59 Å². The van der Waals surface area contributed by atoms with Gasteiger partial charge in [-0.15, -0.1) is 0 Å². The van der Waals surface area contributed by atoms with Crippen molar-refractivity contribution in [2.75, 3.05) is 12.4 Å². The number of carbonyl (C=O) groups is 2. The number of hydrogen-bond donors (Lipinski definition) is 1. The van der Waals surface area contributed by atoms with Crippen LogP contribution in [0, 0.1) is 0 Å². The van der Waals surface area contributed by atoms with Crippen LogP contribution in [0.3, 0.4) is 0 Å². The number of ether oxygens (including phenoxy) is 2. The maximum atomic E-state index is 12.1. The summed E-state index contributed by atoms with van der Waals surface area (Å²) >= 11 is 11.9. The molecule has 0 radical (unpaired) electrons. The standard InChI is InChI=1S/C18H17Cl2NO4/c1-11(18(23)21-15-6-4-3-5-14(15)20)25-17(22)10-12-9-13(19)7-8-16(12)24-2/h3-9,11H,10H2,1-2H3,(H,21,23)/t11-/m0/s1. The quantitative estimate of drug-likeness (QED) is 0.764. The maximum Gasteiger partial charge on any atom is 0.311 e. The lowest BCUT2D eigenvalue weighted by molar-refractivity contribution is -0.152. The molecule has 0 saturated carbocycles. The first-order valence-electron chi connectivity index (χ1n) is 7.48. The van der Waals surface area contributed by atoms with Gasteiger partial charge in [-0.05, 0) is 37.3 Å². The number of benzene rings is 2. The van der Waals surface area contributed by atoms with Crippen LogP contribution >= 0.6 is 23.2 Å². The molecule has 1 N–H and O–H groups in total. The van der Waals surface area contributed by atoms with Gasteiger partial charge in [-0.1, -0.05) is 35.3 Å². The molecule has 0 aliphatic heterocycles. The highest BCUT2D eigenvalue weighted by Crippen LogP contribution is 2.24. The molecular weight excluding hydrogens is 365 g/mol. The Morgan fingerprint density at radius 3 is 2.56 bits per heavy atom. The minimum Gasteiger partial charge on any atom is -0.496 e. The monoisotopic (exact) mass is 381 g/mol. The molecule has 0 aliphatic rings. The fourth-order valence-electron chi connectivity index (χ4n) is 2.13. The molecule has 132 valence electrons. The molecule has 7 heteroatoms. The van der Waals surface area contributed by atoms with Gasteiger partial charge in [0, 0.05) is 10.6 Å². The highest BCUT2D eigenvalue weighted by Gasteiger charge is 2.20. The Labute approximate surface area is 155 Å². The van der Waals surface area contributed by atoms with Gasteiger partial charge in [0.25, 0.3) is 5.91 Å². The van der Waals surface area contributed by atoms with E-state index in [2.05, 4.69) is 5.32 Å². The molecule has 0 aliphatic carbocycles. The van der Waals surface area contributed by atoms with Gasteiger partial charge in [0.1, 0.15) is 5.75 Å². The van der Waals surface area contributed by atoms with E-state index in [1.807, 2.05) is 0 Å². The van der Waals surface area contributed by atoms with Gasteiger partial charge < -0.3 is 14.8 Å². The molecule has 0 fully saturated rings. The van der Waals surface area contributed by atoms with Gasteiger partial charge in [0.15, 0.2) is 6.10 Å². The van der Waals surface area contributed by atoms with Crippen molar-refractivity contribution in [3.63, 3.8) is 0 Å². The fraction of sp³-hybridized carbons (Fsp3) is 0.222. The molecule has 0 bridgehead atoms. The average molecular weight is 382 g/mol. The zero-order valence-electron chi connectivity index (χ0n) is 13.7. The van der Waals surface area contributed by atoms with Gasteiger partial charge in [0.2, 0.25) is 0 Å². The van der Waals surface area contributed by atoms with Crippen molar-refractivity contribution in [3.05, 3.63) is 58.1 Å². The third-order valence-electron chi connectivity index (χ3n) is 3.39. The van der Waals surface area contributed by atoms with E-state index in [1.165, 1.54) is 14.0 Å². The van der Waals surface area contributed by atoms with Gasteiger partial charge in [-0.2, -0.15) is 0 Å². The van der Waals surface area contributed by atoms with E-state index >= 15 is 0 Å². The highest BCUT2D eigenvalue weighted by atomic mass is 35.5. The zero-order chi connectivity index (χ0) is 18.4. The maximum absolute atomic E-state index is 12.1. The Morgan fingerprint density at radius 1 is 1.16 bits per heavy atom. The normalized spacial score (nSPS) is 11.5. The predicted molar refractivity (Wildman–Crippen MR) is 97.3 cm³/mol. The second-order valence-electron chi connectivity index (χ2n) is 5.23. The summed E-state index contributed by atoms with van der Waals surface area (Å²) in [6, 6.07) is 11.7. The van der Waals surface area contributed by atoms with E-state index in [4.69, 9.17) is 32.7 Å². The Bertz CT molecular complexity index is 779. The van der Waals surface area contributed by atoms with Crippen LogP contribution in [0.4, 0.5) is 5.69 Å². The van der Waals surface area contributed by atoms with E-state index in [0.717, 1.165) is 0 Å². The first kappa shape index (κ1) is 19.1. The van der Waals surface area contributed by atoms with E-state index < -0.39 is 18.0 Å². The first-order valence-corrected chi connectivity index (χ1v) is 8.23. The lowest BCUT2D eigenvalue weighted by Crippen LogP contribution is -2.30. The molecule has 0 spiro atoms. The topological polar surface area (TPSA) is 64.6 Å². The van der Waals surface area contributed by atoms with Crippen molar-refractivity contribution >= 4 is 40.8 Å². The van der Waals surface area contributed by atoms with Crippen LogP contribution in [0.1, 0.15) is 12.5 Å². The van der Waals surface area contributed by atoms with Crippen molar-refractivity contribution in [1.82, 2.24) is 0 Å². The number of para-hydroxylation sites is 1. The van der Waals surface area contributed by atoms with Crippen LogP contribution < -0.4 is 10.1 Å². The van der Waals surface area contributed by atoms with Gasteiger partial charge in [0.05, 0.1) is 24.2 Å². The molecule has 1 atom stereocenters. The molecule has 0 aromatic heterocycles. The average Bonchev–Trinajstić information content (AvgIpc) is 2.57. The van der Waals surface area contributed by atoms with Gasteiger partial charge in [-0.3, -0.25) is 9.59 Å². The lowest BCUT2D eigenvalue weighted by atomic mass is 10.1. The SMILES string of the molecule is COc1ccc(Cl)cc1CC(=O)O[C@@H](C)C(=O)Nc1ccccc1Cl. The van der Waals surface area contributed by atoms with Crippen LogP contribution in [0.5, 0.6) is 5.75 Å². The first-order chi connectivity index (χ1) is 11.9. The Balaban J connectivity index is 1.97. The van der Waals surface area contributed by atoms with E-state index in [-0.39, 0.29) is 6.42 Å². The largest absolute Gasteiger partial charge is 0.496 e.